The molecule has 0 bridgehead atoms. The number of benzene rings is 2. The molecule has 0 saturated carbocycles. The molecule has 3 heterocycles. The molecule has 0 fully saturated rings. The van der Waals surface area contributed by atoms with Gasteiger partial charge in [0.25, 0.3) is 0 Å². The Bertz CT molecular complexity index is 1320. The number of nitrogens with two attached hydrogens (primary N) is 1. The smallest absolute Gasteiger partial charge is 0.223 e. The van der Waals surface area contributed by atoms with Crippen molar-refractivity contribution in [3.8, 4) is 11.5 Å². The lowest BCUT2D eigenvalue weighted by molar-refractivity contribution is 0.415. The third-order valence-electron chi connectivity index (χ3n) is 5.93. The van der Waals surface area contributed by atoms with E-state index in [1.54, 1.807) is 14.2 Å². The SMILES string of the molecule is COc1ccc2[nH]cc(CCc3nc(N)nc(CCc4c[nH]c5ccc(OC)cc45)n3)c2c1. The van der Waals surface area contributed by atoms with Crippen LogP contribution in [0.3, 0.4) is 0 Å². The molecule has 0 aliphatic carbocycles. The van der Waals surface area contributed by atoms with Gasteiger partial charge in [-0.1, -0.05) is 0 Å². The van der Waals surface area contributed by atoms with Crippen LogP contribution in [0.25, 0.3) is 21.8 Å². The van der Waals surface area contributed by atoms with E-state index in [4.69, 9.17) is 15.2 Å². The zero-order chi connectivity index (χ0) is 22.8. The molecule has 0 saturated heterocycles. The standard InChI is InChI=1S/C25H26N6O2/c1-32-17-5-7-21-19(11-17)15(13-27-21)3-9-23-29-24(31-25(26)30-23)10-4-16-14-28-22-8-6-18(33-2)12-20(16)22/h5-8,11-14,27-28H,3-4,9-10H2,1-2H3,(H2,26,29,30,31). The van der Waals surface area contributed by atoms with Crippen molar-refractivity contribution in [3.63, 3.8) is 0 Å². The summed E-state index contributed by atoms with van der Waals surface area (Å²) in [5.74, 6) is 3.34. The number of nitrogens with zero attached hydrogens (tertiary/aromatic N) is 3. The first kappa shape index (κ1) is 20.8. The Hall–Kier alpha value is -4.07. The number of aromatic amines is 2. The summed E-state index contributed by atoms with van der Waals surface area (Å²) in [7, 11) is 3.35. The Morgan fingerprint density at radius 3 is 1.64 bits per heavy atom. The molecule has 0 atom stereocenters. The second kappa shape index (κ2) is 8.82. The van der Waals surface area contributed by atoms with E-state index >= 15 is 0 Å². The van der Waals surface area contributed by atoms with Gasteiger partial charge < -0.3 is 25.2 Å². The van der Waals surface area contributed by atoms with E-state index in [0.29, 0.717) is 24.5 Å². The van der Waals surface area contributed by atoms with Crippen LogP contribution >= 0.6 is 0 Å². The molecule has 5 rings (SSSR count). The Morgan fingerprint density at radius 1 is 0.697 bits per heavy atom. The number of nitrogen functional groups attached to an aromatic ring is 1. The number of fused-ring (bicyclic) bond motifs is 2. The Kier molecular flexibility index (Phi) is 5.56. The second-order valence-corrected chi connectivity index (χ2v) is 7.98. The van der Waals surface area contributed by atoms with Crippen LogP contribution in [-0.2, 0) is 25.7 Å². The van der Waals surface area contributed by atoms with Gasteiger partial charge in [0.15, 0.2) is 0 Å². The van der Waals surface area contributed by atoms with Crippen molar-refractivity contribution < 1.29 is 9.47 Å². The third kappa shape index (κ3) is 4.32. The topological polar surface area (TPSA) is 115 Å². The lowest BCUT2D eigenvalue weighted by Gasteiger charge is -2.06. The van der Waals surface area contributed by atoms with Crippen molar-refractivity contribution >= 4 is 27.8 Å². The largest absolute Gasteiger partial charge is 0.497 e. The fourth-order valence-corrected chi connectivity index (χ4v) is 4.19. The highest BCUT2D eigenvalue weighted by atomic mass is 16.5. The van der Waals surface area contributed by atoms with Gasteiger partial charge in [0.2, 0.25) is 5.95 Å². The van der Waals surface area contributed by atoms with E-state index in [-0.39, 0.29) is 5.95 Å². The molecule has 4 N–H and O–H groups in total. The molecule has 3 aromatic heterocycles. The van der Waals surface area contributed by atoms with Crippen molar-refractivity contribution in [1.29, 1.82) is 0 Å². The highest BCUT2D eigenvalue weighted by molar-refractivity contribution is 5.85. The summed E-state index contributed by atoms with van der Waals surface area (Å²) < 4.78 is 10.7. The average Bonchev–Trinajstić information content (AvgIpc) is 3.43. The number of aryl methyl sites for hydroxylation is 4. The number of ether oxygens (including phenoxy) is 2. The average molecular weight is 443 g/mol. The molecule has 0 amide bonds. The molecule has 2 aromatic carbocycles. The molecule has 0 unspecified atom stereocenters. The molecular weight excluding hydrogens is 416 g/mol. The van der Waals surface area contributed by atoms with Crippen LogP contribution in [0.2, 0.25) is 0 Å². The Balaban J connectivity index is 1.31. The van der Waals surface area contributed by atoms with Gasteiger partial charge in [0, 0.05) is 47.0 Å². The van der Waals surface area contributed by atoms with Gasteiger partial charge in [0.1, 0.15) is 23.1 Å². The first-order valence-corrected chi connectivity index (χ1v) is 10.9. The van der Waals surface area contributed by atoms with Crippen LogP contribution in [0.5, 0.6) is 11.5 Å². The van der Waals surface area contributed by atoms with Crippen molar-refractivity contribution in [3.05, 3.63) is 71.6 Å². The van der Waals surface area contributed by atoms with Crippen LogP contribution in [0.1, 0.15) is 22.8 Å². The monoisotopic (exact) mass is 442 g/mol. The minimum atomic E-state index is 0.260. The lowest BCUT2D eigenvalue weighted by Crippen LogP contribution is -2.09. The van der Waals surface area contributed by atoms with Gasteiger partial charge in [0.05, 0.1) is 14.2 Å². The summed E-state index contributed by atoms with van der Waals surface area (Å²) >= 11 is 0. The summed E-state index contributed by atoms with van der Waals surface area (Å²) in [5.41, 5.74) is 10.6. The Morgan fingerprint density at radius 2 is 1.18 bits per heavy atom. The zero-order valence-electron chi connectivity index (χ0n) is 18.7. The molecule has 33 heavy (non-hydrogen) atoms. The number of nitrogens with one attached hydrogen (secondary N) is 2. The fraction of sp³-hybridized carbons (Fsp3) is 0.240. The summed E-state index contributed by atoms with van der Waals surface area (Å²) in [6, 6.07) is 12.0. The number of methoxy groups -OCH3 is 2. The highest BCUT2D eigenvalue weighted by Gasteiger charge is 2.11. The summed E-state index contributed by atoms with van der Waals surface area (Å²) in [5, 5.41) is 2.29. The molecule has 8 heteroatoms. The van der Waals surface area contributed by atoms with Crippen molar-refractivity contribution in [1.82, 2.24) is 24.9 Å². The van der Waals surface area contributed by atoms with Crippen molar-refractivity contribution in [2.75, 3.05) is 20.0 Å². The highest BCUT2D eigenvalue weighted by Crippen LogP contribution is 2.26. The summed E-state index contributed by atoms with van der Waals surface area (Å²) in [4.78, 5) is 20.0. The summed E-state index contributed by atoms with van der Waals surface area (Å²) in [6.45, 7) is 0. The van der Waals surface area contributed by atoms with Gasteiger partial charge in [-0.25, -0.2) is 4.98 Å². The predicted octanol–water partition coefficient (Wildman–Crippen LogP) is 4.00. The quantitative estimate of drug-likeness (QED) is 0.335. The van der Waals surface area contributed by atoms with E-state index < -0.39 is 0 Å². The maximum absolute atomic E-state index is 6.01. The number of anilines is 1. The first-order chi connectivity index (χ1) is 16.1. The fourth-order valence-electron chi connectivity index (χ4n) is 4.19. The third-order valence-corrected chi connectivity index (χ3v) is 5.93. The van der Waals surface area contributed by atoms with Crippen LogP contribution in [0.15, 0.2) is 48.8 Å². The van der Waals surface area contributed by atoms with Crippen LogP contribution < -0.4 is 15.2 Å². The van der Waals surface area contributed by atoms with Gasteiger partial charge >= 0.3 is 0 Å². The van der Waals surface area contributed by atoms with Crippen molar-refractivity contribution in [2.45, 2.75) is 25.7 Å². The molecule has 0 spiro atoms. The van der Waals surface area contributed by atoms with E-state index in [2.05, 4.69) is 24.9 Å². The molecule has 5 aromatic rings. The van der Waals surface area contributed by atoms with E-state index in [1.165, 1.54) is 11.1 Å². The number of rotatable bonds is 8. The minimum absolute atomic E-state index is 0.260. The minimum Gasteiger partial charge on any atom is -0.497 e. The van der Waals surface area contributed by atoms with E-state index in [0.717, 1.165) is 46.1 Å². The van der Waals surface area contributed by atoms with Crippen LogP contribution in [-0.4, -0.2) is 39.1 Å². The molecule has 0 radical (unpaired) electrons. The maximum atomic E-state index is 6.01. The lowest BCUT2D eigenvalue weighted by atomic mass is 10.1. The Labute approximate surface area is 191 Å². The van der Waals surface area contributed by atoms with E-state index in [1.807, 2.05) is 48.8 Å². The first-order valence-electron chi connectivity index (χ1n) is 10.9. The second-order valence-electron chi connectivity index (χ2n) is 7.98. The van der Waals surface area contributed by atoms with Gasteiger partial charge in [-0.15, -0.1) is 0 Å². The number of hydrogen-bond acceptors (Lipinski definition) is 6. The molecule has 0 aliphatic heterocycles. The molecule has 0 aliphatic rings. The van der Waals surface area contributed by atoms with Gasteiger partial charge in [-0.2, -0.15) is 9.97 Å². The molecular formula is C25H26N6O2. The molecule has 8 nitrogen and oxygen atoms in total. The zero-order valence-corrected chi connectivity index (χ0v) is 18.7. The molecule has 168 valence electrons. The maximum Gasteiger partial charge on any atom is 0.223 e. The number of aromatic nitrogens is 5. The number of H-pyrrole nitrogens is 2. The van der Waals surface area contributed by atoms with Crippen LogP contribution in [0, 0.1) is 0 Å². The van der Waals surface area contributed by atoms with Crippen molar-refractivity contribution in [2.24, 2.45) is 0 Å². The summed E-state index contributed by atoms with van der Waals surface area (Å²) in [6.07, 6.45) is 6.99. The predicted molar refractivity (Wildman–Crippen MR) is 129 cm³/mol. The number of hydrogen-bond donors (Lipinski definition) is 3. The normalized spacial score (nSPS) is 11.3. The van der Waals surface area contributed by atoms with E-state index in [9.17, 15) is 0 Å². The van der Waals surface area contributed by atoms with Gasteiger partial charge in [-0.05, 0) is 60.4 Å². The van der Waals surface area contributed by atoms with Gasteiger partial charge in [-0.3, -0.25) is 0 Å². The van der Waals surface area contributed by atoms with Crippen LogP contribution in [0.4, 0.5) is 5.95 Å².